The maximum absolute atomic E-state index is 5.31. The fraction of sp³-hybridized carbons (Fsp3) is 0.118. The van der Waals surface area contributed by atoms with Crippen LogP contribution in [0.1, 0.15) is 5.56 Å². The minimum atomic E-state index is 0.405. The summed E-state index contributed by atoms with van der Waals surface area (Å²) in [6, 6.07) is 13.3. The van der Waals surface area contributed by atoms with E-state index in [1.807, 2.05) is 42.5 Å². The first kappa shape index (κ1) is 17.4. The molecule has 25 heavy (non-hydrogen) atoms. The summed E-state index contributed by atoms with van der Waals surface area (Å²) in [5.41, 5.74) is 1.73. The fourth-order valence-corrected chi connectivity index (χ4v) is 2.91. The molecule has 0 amide bonds. The number of methoxy groups -OCH3 is 2. The normalized spacial score (nSPS) is 11.0. The summed E-state index contributed by atoms with van der Waals surface area (Å²) in [6.07, 6.45) is 1.69. The summed E-state index contributed by atoms with van der Waals surface area (Å²) in [5, 5.41) is 11.5. The van der Waals surface area contributed by atoms with Gasteiger partial charge in [-0.2, -0.15) is 14.9 Å². The average Bonchev–Trinajstić information content (AvgIpc) is 3.00. The van der Waals surface area contributed by atoms with E-state index in [-0.39, 0.29) is 0 Å². The molecule has 0 aliphatic carbocycles. The molecule has 0 aliphatic heterocycles. The highest BCUT2D eigenvalue weighted by atomic mass is 79.9. The van der Waals surface area contributed by atoms with Crippen molar-refractivity contribution in [3.05, 3.63) is 57.3 Å². The molecule has 1 N–H and O–H groups in total. The number of aromatic amines is 1. The molecule has 0 radical (unpaired) electrons. The Hall–Kier alpha value is -2.45. The highest BCUT2D eigenvalue weighted by Crippen LogP contribution is 2.28. The van der Waals surface area contributed by atoms with E-state index < -0.39 is 0 Å². The Bertz CT molecular complexity index is 981. The summed E-state index contributed by atoms with van der Waals surface area (Å²) >= 11 is 8.81. The van der Waals surface area contributed by atoms with Crippen LogP contribution in [0.5, 0.6) is 11.5 Å². The zero-order valence-electron chi connectivity index (χ0n) is 13.6. The van der Waals surface area contributed by atoms with E-state index in [1.54, 1.807) is 25.1 Å². The number of benzene rings is 2. The van der Waals surface area contributed by atoms with Crippen molar-refractivity contribution < 1.29 is 9.47 Å². The Morgan fingerprint density at radius 3 is 2.64 bits per heavy atom. The molecule has 0 unspecified atom stereocenters. The molecular formula is C17H15BrN4O2S. The van der Waals surface area contributed by atoms with Gasteiger partial charge >= 0.3 is 0 Å². The number of hydrogen-bond donors (Lipinski definition) is 1. The molecule has 3 rings (SSSR count). The molecule has 6 nitrogen and oxygen atoms in total. The van der Waals surface area contributed by atoms with Crippen LogP contribution in [0.3, 0.4) is 0 Å². The zero-order valence-corrected chi connectivity index (χ0v) is 16.0. The Balaban J connectivity index is 1.99. The molecule has 1 aromatic heterocycles. The van der Waals surface area contributed by atoms with Gasteiger partial charge in [0.25, 0.3) is 0 Å². The van der Waals surface area contributed by atoms with Gasteiger partial charge in [-0.1, -0.05) is 28.1 Å². The van der Waals surface area contributed by atoms with Crippen molar-refractivity contribution in [1.82, 2.24) is 14.9 Å². The van der Waals surface area contributed by atoms with Crippen LogP contribution in [0.2, 0.25) is 0 Å². The Kier molecular flexibility index (Phi) is 5.30. The van der Waals surface area contributed by atoms with Gasteiger partial charge in [-0.05, 0) is 48.1 Å². The first-order valence-corrected chi connectivity index (χ1v) is 8.53. The van der Waals surface area contributed by atoms with Crippen molar-refractivity contribution in [1.29, 1.82) is 0 Å². The first-order chi connectivity index (χ1) is 12.1. The summed E-state index contributed by atoms with van der Waals surface area (Å²) < 4.78 is 13.4. The number of halogens is 1. The second kappa shape index (κ2) is 7.62. The van der Waals surface area contributed by atoms with Crippen LogP contribution in [0.15, 0.2) is 52.0 Å². The molecule has 0 spiro atoms. The number of rotatable bonds is 5. The van der Waals surface area contributed by atoms with Crippen molar-refractivity contribution in [3.8, 4) is 22.9 Å². The highest BCUT2D eigenvalue weighted by molar-refractivity contribution is 9.10. The molecule has 0 bridgehead atoms. The van der Waals surface area contributed by atoms with Gasteiger partial charge in [-0.15, -0.1) is 0 Å². The number of H-pyrrole nitrogens is 1. The smallest absolute Gasteiger partial charge is 0.216 e. The number of nitrogens with one attached hydrogen (secondary N) is 1. The molecule has 0 fully saturated rings. The molecule has 0 aliphatic rings. The second-order valence-corrected chi connectivity index (χ2v) is 6.24. The third-order valence-electron chi connectivity index (χ3n) is 3.50. The van der Waals surface area contributed by atoms with E-state index in [4.69, 9.17) is 21.7 Å². The summed E-state index contributed by atoms with van der Waals surface area (Å²) in [4.78, 5) is 0. The van der Waals surface area contributed by atoms with E-state index in [0.717, 1.165) is 15.6 Å². The largest absolute Gasteiger partial charge is 0.493 e. The SMILES string of the molecule is COc1ccc(/C=N\n2c(-c3ccccc3Br)n[nH]c2=S)cc1OC. The van der Waals surface area contributed by atoms with Crippen molar-refractivity contribution in [3.63, 3.8) is 0 Å². The summed E-state index contributed by atoms with van der Waals surface area (Å²) in [7, 11) is 3.19. The predicted octanol–water partition coefficient (Wildman–Crippen LogP) is 4.27. The highest BCUT2D eigenvalue weighted by Gasteiger charge is 2.11. The molecule has 3 aromatic rings. The Labute approximate surface area is 158 Å². The van der Waals surface area contributed by atoms with Crippen LogP contribution >= 0.6 is 28.1 Å². The van der Waals surface area contributed by atoms with Crippen molar-refractivity contribution >= 4 is 34.4 Å². The van der Waals surface area contributed by atoms with Crippen LogP contribution in [-0.2, 0) is 0 Å². The Morgan fingerprint density at radius 1 is 1.16 bits per heavy atom. The van der Waals surface area contributed by atoms with Gasteiger partial charge in [-0.3, -0.25) is 0 Å². The number of aromatic nitrogens is 3. The summed E-state index contributed by atoms with van der Waals surface area (Å²) in [5.74, 6) is 1.91. The van der Waals surface area contributed by atoms with E-state index in [0.29, 0.717) is 22.1 Å². The van der Waals surface area contributed by atoms with Gasteiger partial charge in [0.05, 0.1) is 20.4 Å². The molecular weight excluding hydrogens is 404 g/mol. The third-order valence-corrected chi connectivity index (χ3v) is 4.45. The monoisotopic (exact) mass is 418 g/mol. The van der Waals surface area contributed by atoms with Crippen LogP contribution in [0.4, 0.5) is 0 Å². The average molecular weight is 419 g/mol. The first-order valence-electron chi connectivity index (χ1n) is 7.32. The lowest BCUT2D eigenvalue weighted by molar-refractivity contribution is 0.355. The van der Waals surface area contributed by atoms with E-state index >= 15 is 0 Å². The second-order valence-electron chi connectivity index (χ2n) is 5.00. The predicted molar refractivity (Wildman–Crippen MR) is 103 cm³/mol. The zero-order chi connectivity index (χ0) is 17.8. The molecule has 0 atom stereocenters. The van der Waals surface area contributed by atoms with Gasteiger partial charge in [0, 0.05) is 10.0 Å². The van der Waals surface area contributed by atoms with Gasteiger partial charge < -0.3 is 9.47 Å². The van der Waals surface area contributed by atoms with Gasteiger partial charge in [-0.25, -0.2) is 5.10 Å². The summed E-state index contributed by atoms with van der Waals surface area (Å²) in [6.45, 7) is 0. The topological polar surface area (TPSA) is 64.4 Å². The number of hydrogen-bond acceptors (Lipinski definition) is 5. The van der Waals surface area contributed by atoms with Crippen LogP contribution in [-0.4, -0.2) is 35.3 Å². The van der Waals surface area contributed by atoms with Crippen molar-refractivity contribution in [2.45, 2.75) is 0 Å². The number of nitrogens with zero attached hydrogens (tertiary/aromatic N) is 3. The minimum Gasteiger partial charge on any atom is -0.493 e. The van der Waals surface area contributed by atoms with Crippen molar-refractivity contribution in [2.24, 2.45) is 5.10 Å². The van der Waals surface area contributed by atoms with Gasteiger partial charge in [0.1, 0.15) is 0 Å². The van der Waals surface area contributed by atoms with E-state index in [2.05, 4.69) is 31.2 Å². The lowest BCUT2D eigenvalue weighted by atomic mass is 10.2. The van der Waals surface area contributed by atoms with Crippen LogP contribution in [0.25, 0.3) is 11.4 Å². The maximum atomic E-state index is 5.31. The standard InChI is InChI=1S/C17H15BrN4O2S/c1-23-14-8-7-11(9-15(14)24-2)10-19-22-16(20-21-17(22)25)12-5-3-4-6-13(12)18/h3-10H,1-2H3,(H,21,25)/b19-10-. The van der Waals surface area contributed by atoms with E-state index in [9.17, 15) is 0 Å². The minimum absolute atomic E-state index is 0.405. The lowest BCUT2D eigenvalue weighted by Gasteiger charge is -2.07. The molecule has 128 valence electrons. The van der Waals surface area contributed by atoms with Crippen LogP contribution < -0.4 is 9.47 Å². The van der Waals surface area contributed by atoms with Gasteiger partial charge in [0.15, 0.2) is 17.3 Å². The van der Waals surface area contributed by atoms with Gasteiger partial charge in [0.2, 0.25) is 4.77 Å². The molecule has 8 heteroatoms. The quantitative estimate of drug-likeness (QED) is 0.496. The molecule has 0 saturated carbocycles. The van der Waals surface area contributed by atoms with Crippen LogP contribution in [0, 0.1) is 4.77 Å². The fourth-order valence-electron chi connectivity index (χ4n) is 2.27. The Morgan fingerprint density at radius 2 is 1.92 bits per heavy atom. The third kappa shape index (κ3) is 3.64. The lowest BCUT2D eigenvalue weighted by Crippen LogP contribution is -1.96. The maximum Gasteiger partial charge on any atom is 0.216 e. The molecule has 0 saturated heterocycles. The number of ether oxygens (including phenoxy) is 2. The molecule has 2 aromatic carbocycles. The molecule has 1 heterocycles. The van der Waals surface area contributed by atoms with Crippen molar-refractivity contribution in [2.75, 3.05) is 14.2 Å². The van der Waals surface area contributed by atoms with E-state index in [1.165, 1.54) is 0 Å².